The Bertz CT molecular complexity index is 680. The highest BCUT2D eigenvalue weighted by atomic mass is 35.5. The van der Waals surface area contributed by atoms with Gasteiger partial charge in [0.15, 0.2) is 5.16 Å². The SMILES string of the molecule is CN(Cc1ccc(Cl)s1)C(=O)CSc1nnc(C2CC2)n1C. The number of amides is 1. The third-order valence-electron chi connectivity index (χ3n) is 3.58. The van der Waals surface area contributed by atoms with Gasteiger partial charge in [-0.1, -0.05) is 23.4 Å². The molecule has 118 valence electrons. The van der Waals surface area contributed by atoms with Gasteiger partial charge in [-0.2, -0.15) is 0 Å². The maximum absolute atomic E-state index is 12.2. The van der Waals surface area contributed by atoms with Gasteiger partial charge < -0.3 is 9.47 Å². The highest BCUT2D eigenvalue weighted by Crippen LogP contribution is 2.39. The molecule has 0 saturated heterocycles. The predicted molar refractivity (Wildman–Crippen MR) is 89.5 cm³/mol. The number of carbonyl (C=O) groups is 1. The molecule has 22 heavy (non-hydrogen) atoms. The molecule has 5 nitrogen and oxygen atoms in total. The van der Waals surface area contributed by atoms with Crippen LogP contribution in [0.1, 0.15) is 29.5 Å². The summed E-state index contributed by atoms with van der Waals surface area (Å²) >= 11 is 8.85. The number of thioether (sulfide) groups is 1. The minimum absolute atomic E-state index is 0.0745. The van der Waals surface area contributed by atoms with Crippen LogP contribution in [0.15, 0.2) is 17.3 Å². The highest BCUT2D eigenvalue weighted by Gasteiger charge is 2.29. The molecule has 1 amide bonds. The van der Waals surface area contributed by atoms with Crippen molar-refractivity contribution in [3.05, 3.63) is 27.2 Å². The zero-order valence-corrected chi connectivity index (χ0v) is 14.8. The Hall–Kier alpha value is -1.05. The molecule has 3 rings (SSSR count). The summed E-state index contributed by atoms with van der Waals surface area (Å²) in [6.07, 6.45) is 2.39. The summed E-state index contributed by atoms with van der Waals surface area (Å²) in [6, 6.07) is 3.81. The molecule has 0 unspecified atom stereocenters. The van der Waals surface area contributed by atoms with Crippen LogP contribution in [-0.2, 0) is 18.4 Å². The maximum Gasteiger partial charge on any atom is 0.233 e. The van der Waals surface area contributed by atoms with Gasteiger partial charge >= 0.3 is 0 Å². The minimum atomic E-state index is 0.0745. The van der Waals surface area contributed by atoms with E-state index in [4.69, 9.17) is 11.6 Å². The zero-order valence-electron chi connectivity index (χ0n) is 12.5. The Morgan fingerprint density at radius 1 is 1.50 bits per heavy atom. The first-order chi connectivity index (χ1) is 10.5. The van der Waals surface area contributed by atoms with E-state index in [0.717, 1.165) is 20.2 Å². The van der Waals surface area contributed by atoms with Crippen LogP contribution in [0.5, 0.6) is 0 Å². The first-order valence-corrected chi connectivity index (χ1v) is 9.23. The summed E-state index contributed by atoms with van der Waals surface area (Å²) in [5.41, 5.74) is 0. The van der Waals surface area contributed by atoms with Gasteiger partial charge in [-0.05, 0) is 25.0 Å². The van der Waals surface area contributed by atoms with E-state index in [1.807, 2.05) is 30.8 Å². The summed E-state index contributed by atoms with van der Waals surface area (Å²) in [5.74, 6) is 2.04. The van der Waals surface area contributed by atoms with Crippen molar-refractivity contribution in [1.82, 2.24) is 19.7 Å². The van der Waals surface area contributed by atoms with Crippen LogP contribution >= 0.6 is 34.7 Å². The fraction of sp³-hybridized carbons (Fsp3) is 0.500. The van der Waals surface area contributed by atoms with Gasteiger partial charge in [0.05, 0.1) is 16.6 Å². The lowest BCUT2D eigenvalue weighted by molar-refractivity contribution is -0.127. The van der Waals surface area contributed by atoms with Gasteiger partial charge in [-0.25, -0.2) is 0 Å². The number of hydrogen-bond acceptors (Lipinski definition) is 5. The average molecular weight is 357 g/mol. The molecule has 0 aliphatic heterocycles. The first kappa shape index (κ1) is 15.8. The fourth-order valence-electron chi connectivity index (χ4n) is 2.14. The minimum Gasteiger partial charge on any atom is -0.340 e. The number of carbonyl (C=O) groups excluding carboxylic acids is 1. The van der Waals surface area contributed by atoms with E-state index in [-0.39, 0.29) is 5.91 Å². The molecule has 1 fully saturated rings. The van der Waals surface area contributed by atoms with Crippen LogP contribution in [-0.4, -0.2) is 38.4 Å². The average Bonchev–Trinajstić information content (AvgIpc) is 3.15. The van der Waals surface area contributed by atoms with Gasteiger partial charge in [-0.3, -0.25) is 4.79 Å². The summed E-state index contributed by atoms with van der Waals surface area (Å²) in [5, 5.41) is 9.22. The van der Waals surface area contributed by atoms with Crippen molar-refractivity contribution in [1.29, 1.82) is 0 Å². The number of halogens is 1. The Morgan fingerprint density at radius 3 is 2.91 bits per heavy atom. The zero-order chi connectivity index (χ0) is 15.7. The van der Waals surface area contributed by atoms with Crippen LogP contribution in [0.2, 0.25) is 4.34 Å². The summed E-state index contributed by atoms with van der Waals surface area (Å²) in [7, 11) is 3.78. The van der Waals surface area contributed by atoms with E-state index >= 15 is 0 Å². The van der Waals surface area contributed by atoms with E-state index in [1.165, 1.54) is 35.9 Å². The van der Waals surface area contributed by atoms with Gasteiger partial charge in [0.2, 0.25) is 5.91 Å². The molecular formula is C14H17ClN4OS2. The van der Waals surface area contributed by atoms with E-state index in [9.17, 15) is 4.79 Å². The third kappa shape index (κ3) is 3.64. The van der Waals surface area contributed by atoms with Gasteiger partial charge in [0, 0.05) is 24.9 Å². The number of thiophene rings is 1. The van der Waals surface area contributed by atoms with E-state index in [0.29, 0.717) is 18.2 Å². The lowest BCUT2D eigenvalue weighted by atomic mass is 10.4. The normalized spacial score (nSPS) is 14.3. The third-order valence-corrected chi connectivity index (χ3v) is 5.80. The molecule has 0 atom stereocenters. The quantitative estimate of drug-likeness (QED) is 0.746. The number of nitrogens with zero attached hydrogens (tertiary/aromatic N) is 4. The van der Waals surface area contributed by atoms with E-state index < -0.39 is 0 Å². The molecule has 0 spiro atoms. The standard InChI is InChI=1S/C14H17ClN4OS2/c1-18(7-10-5-6-11(15)22-10)12(20)8-21-14-17-16-13(19(14)2)9-3-4-9/h5-6,9H,3-4,7-8H2,1-2H3. The molecular weight excluding hydrogens is 340 g/mol. The van der Waals surface area contributed by atoms with Crippen LogP contribution in [0, 0.1) is 0 Å². The van der Waals surface area contributed by atoms with Crippen LogP contribution in [0.4, 0.5) is 0 Å². The Balaban J connectivity index is 1.53. The van der Waals surface area contributed by atoms with Crippen molar-refractivity contribution in [2.45, 2.75) is 30.5 Å². The topological polar surface area (TPSA) is 51.0 Å². The maximum atomic E-state index is 12.2. The summed E-state index contributed by atoms with van der Waals surface area (Å²) in [4.78, 5) is 15.0. The van der Waals surface area contributed by atoms with Gasteiger partial charge in [-0.15, -0.1) is 21.5 Å². The molecule has 2 aromatic rings. The number of hydrogen-bond donors (Lipinski definition) is 0. The molecule has 2 aromatic heterocycles. The van der Waals surface area contributed by atoms with Crippen molar-refractivity contribution < 1.29 is 4.79 Å². The monoisotopic (exact) mass is 356 g/mol. The Labute approximate surface area is 142 Å². The summed E-state index contributed by atoms with van der Waals surface area (Å²) < 4.78 is 2.76. The van der Waals surface area contributed by atoms with Crippen molar-refractivity contribution >= 4 is 40.6 Å². The Morgan fingerprint density at radius 2 is 2.27 bits per heavy atom. The lowest BCUT2D eigenvalue weighted by Crippen LogP contribution is -2.27. The van der Waals surface area contributed by atoms with Crippen LogP contribution in [0.3, 0.4) is 0 Å². The fourth-order valence-corrected chi connectivity index (χ4v) is 4.14. The second-order valence-corrected chi connectivity index (χ2v) is 8.16. The molecule has 8 heteroatoms. The molecule has 1 aliphatic carbocycles. The molecule has 0 aromatic carbocycles. The highest BCUT2D eigenvalue weighted by molar-refractivity contribution is 7.99. The van der Waals surface area contributed by atoms with Crippen molar-refractivity contribution in [2.75, 3.05) is 12.8 Å². The van der Waals surface area contributed by atoms with Crippen molar-refractivity contribution in [3.8, 4) is 0 Å². The number of rotatable bonds is 6. The van der Waals surface area contributed by atoms with Gasteiger partial charge in [0.25, 0.3) is 0 Å². The lowest BCUT2D eigenvalue weighted by Gasteiger charge is -2.15. The number of aromatic nitrogens is 3. The molecule has 0 radical (unpaired) electrons. The Kier molecular flexibility index (Phi) is 4.75. The van der Waals surface area contributed by atoms with Crippen LogP contribution in [0.25, 0.3) is 0 Å². The van der Waals surface area contributed by atoms with Crippen molar-refractivity contribution in [3.63, 3.8) is 0 Å². The second-order valence-electron chi connectivity index (χ2n) is 5.42. The molecule has 0 N–H and O–H groups in total. The van der Waals surface area contributed by atoms with Gasteiger partial charge in [0.1, 0.15) is 5.82 Å². The predicted octanol–water partition coefficient (Wildman–Crippen LogP) is 3.16. The summed E-state index contributed by atoms with van der Waals surface area (Å²) in [6.45, 7) is 0.586. The first-order valence-electron chi connectivity index (χ1n) is 7.05. The second kappa shape index (κ2) is 6.60. The molecule has 1 aliphatic rings. The molecule has 2 heterocycles. The van der Waals surface area contributed by atoms with E-state index in [1.54, 1.807) is 4.90 Å². The van der Waals surface area contributed by atoms with Crippen molar-refractivity contribution in [2.24, 2.45) is 7.05 Å². The van der Waals surface area contributed by atoms with Crippen LogP contribution < -0.4 is 0 Å². The smallest absolute Gasteiger partial charge is 0.233 e. The molecule has 0 bridgehead atoms. The van der Waals surface area contributed by atoms with E-state index in [2.05, 4.69) is 10.2 Å². The molecule has 1 saturated carbocycles. The largest absolute Gasteiger partial charge is 0.340 e.